The molecule has 1 aromatic heterocycles. The average molecular weight is 513 g/mol. The summed E-state index contributed by atoms with van der Waals surface area (Å²) in [6.45, 7) is 4.42. The van der Waals surface area contributed by atoms with E-state index in [0.29, 0.717) is 6.54 Å². The molecule has 0 amide bonds. The first-order valence-electron chi connectivity index (χ1n) is 9.61. The van der Waals surface area contributed by atoms with Crippen molar-refractivity contribution in [1.82, 2.24) is 15.6 Å². The van der Waals surface area contributed by atoms with Gasteiger partial charge in [0.25, 0.3) is 0 Å². The summed E-state index contributed by atoms with van der Waals surface area (Å²) in [6.07, 6.45) is 3.87. The molecule has 1 unspecified atom stereocenters. The van der Waals surface area contributed by atoms with Crippen molar-refractivity contribution in [3.05, 3.63) is 48.7 Å². The Morgan fingerprint density at radius 1 is 1.07 bits per heavy atom. The van der Waals surface area contributed by atoms with Crippen LogP contribution in [0.15, 0.2) is 53.7 Å². The Morgan fingerprint density at radius 3 is 2.59 bits per heavy atom. The third-order valence-corrected chi connectivity index (χ3v) is 4.03. The molecule has 0 saturated heterocycles. The van der Waals surface area contributed by atoms with Crippen molar-refractivity contribution in [3.63, 3.8) is 0 Å². The highest BCUT2D eigenvalue weighted by Crippen LogP contribution is 2.19. The van der Waals surface area contributed by atoms with Crippen molar-refractivity contribution in [2.24, 2.45) is 4.99 Å². The molecule has 7 nitrogen and oxygen atoms in total. The molecular formula is C21H32IN5O2. The van der Waals surface area contributed by atoms with Crippen molar-refractivity contribution in [2.75, 3.05) is 39.1 Å². The van der Waals surface area contributed by atoms with E-state index in [-0.39, 0.29) is 30.1 Å². The molecule has 0 radical (unpaired) electrons. The van der Waals surface area contributed by atoms with E-state index in [1.165, 1.54) is 0 Å². The van der Waals surface area contributed by atoms with E-state index in [1.54, 1.807) is 20.4 Å². The largest absolute Gasteiger partial charge is 0.497 e. The SMILES string of the molecule is CN=C(NCCCCNc1ccccn1)NCC(C)Oc1cccc(OC)c1.I. The number of nitrogens with one attached hydrogen (secondary N) is 3. The molecule has 0 fully saturated rings. The maximum Gasteiger partial charge on any atom is 0.191 e. The number of methoxy groups -OCH3 is 1. The number of hydrogen-bond donors (Lipinski definition) is 3. The van der Waals surface area contributed by atoms with E-state index in [1.807, 2.05) is 49.4 Å². The van der Waals surface area contributed by atoms with Gasteiger partial charge in [-0.1, -0.05) is 12.1 Å². The summed E-state index contributed by atoms with van der Waals surface area (Å²) in [5, 5.41) is 9.93. The van der Waals surface area contributed by atoms with Crippen LogP contribution in [0.25, 0.3) is 0 Å². The predicted octanol–water partition coefficient (Wildman–Crippen LogP) is 3.53. The lowest BCUT2D eigenvalue weighted by atomic mass is 10.3. The minimum absolute atomic E-state index is 0. The van der Waals surface area contributed by atoms with Gasteiger partial charge in [-0.3, -0.25) is 4.99 Å². The second-order valence-electron chi connectivity index (χ2n) is 6.34. The van der Waals surface area contributed by atoms with Gasteiger partial charge >= 0.3 is 0 Å². The molecule has 0 saturated carbocycles. The number of unbranched alkanes of at least 4 members (excludes halogenated alkanes) is 1. The van der Waals surface area contributed by atoms with Crippen molar-refractivity contribution < 1.29 is 9.47 Å². The van der Waals surface area contributed by atoms with Gasteiger partial charge in [-0.05, 0) is 44.0 Å². The number of pyridine rings is 1. The molecule has 2 rings (SSSR count). The molecule has 8 heteroatoms. The Kier molecular flexibility index (Phi) is 12.6. The molecule has 0 aliphatic rings. The molecule has 2 aromatic rings. The number of nitrogens with zero attached hydrogens (tertiary/aromatic N) is 2. The van der Waals surface area contributed by atoms with Gasteiger partial charge in [0, 0.05) is 32.4 Å². The fraction of sp³-hybridized carbons (Fsp3) is 0.429. The third kappa shape index (κ3) is 10.2. The first-order valence-corrected chi connectivity index (χ1v) is 9.61. The van der Waals surface area contributed by atoms with Gasteiger partial charge in [-0.25, -0.2) is 4.98 Å². The van der Waals surface area contributed by atoms with Gasteiger partial charge in [-0.15, -0.1) is 24.0 Å². The van der Waals surface area contributed by atoms with Crippen molar-refractivity contribution in [1.29, 1.82) is 0 Å². The molecule has 29 heavy (non-hydrogen) atoms. The molecular weight excluding hydrogens is 481 g/mol. The Balaban J connectivity index is 0.00000420. The van der Waals surface area contributed by atoms with Gasteiger partial charge in [-0.2, -0.15) is 0 Å². The monoisotopic (exact) mass is 513 g/mol. The standard InChI is InChI=1S/C21H31N5O2.HI/c1-17(28-19-10-8-9-18(15-19)27-3)16-26-21(22-2)25-14-7-6-13-24-20-11-4-5-12-23-20;/h4-5,8-12,15,17H,6-7,13-14,16H2,1-3H3,(H,23,24)(H2,22,25,26);1H. The fourth-order valence-corrected chi connectivity index (χ4v) is 2.55. The normalized spacial score (nSPS) is 11.8. The highest BCUT2D eigenvalue weighted by molar-refractivity contribution is 14.0. The third-order valence-electron chi connectivity index (χ3n) is 4.03. The van der Waals surface area contributed by atoms with E-state index in [0.717, 1.165) is 49.2 Å². The number of rotatable bonds is 11. The van der Waals surface area contributed by atoms with Crippen molar-refractivity contribution in [3.8, 4) is 11.5 Å². The number of guanidine groups is 1. The number of ether oxygens (including phenoxy) is 2. The maximum absolute atomic E-state index is 5.91. The molecule has 0 spiro atoms. The molecule has 0 bridgehead atoms. The summed E-state index contributed by atoms with van der Waals surface area (Å²) in [5.74, 6) is 3.27. The molecule has 160 valence electrons. The first-order chi connectivity index (χ1) is 13.7. The molecule has 0 aliphatic carbocycles. The molecule has 1 heterocycles. The zero-order chi connectivity index (χ0) is 20.0. The Hall–Kier alpha value is -2.23. The lowest BCUT2D eigenvalue weighted by Crippen LogP contribution is -2.42. The van der Waals surface area contributed by atoms with Crippen LogP contribution in [0.1, 0.15) is 19.8 Å². The van der Waals surface area contributed by atoms with Gasteiger partial charge in [0.15, 0.2) is 5.96 Å². The maximum atomic E-state index is 5.91. The molecule has 0 aliphatic heterocycles. The Bertz CT molecular complexity index is 715. The minimum atomic E-state index is -0.00627. The second kappa shape index (κ2) is 14.7. The molecule has 1 aromatic carbocycles. The van der Waals surface area contributed by atoms with Crippen LogP contribution < -0.4 is 25.4 Å². The van der Waals surface area contributed by atoms with Crippen LogP contribution in [0.5, 0.6) is 11.5 Å². The van der Waals surface area contributed by atoms with Crippen LogP contribution >= 0.6 is 24.0 Å². The number of aliphatic imine (C=N–C) groups is 1. The van der Waals surface area contributed by atoms with E-state index in [4.69, 9.17) is 9.47 Å². The topological polar surface area (TPSA) is 79.8 Å². The summed E-state index contributed by atoms with van der Waals surface area (Å²) >= 11 is 0. The van der Waals surface area contributed by atoms with Crippen molar-refractivity contribution >= 4 is 35.8 Å². The number of benzene rings is 1. The highest BCUT2D eigenvalue weighted by Gasteiger charge is 2.06. The quantitative estimate of drug-likeness (QED) is 0.185. The van der Waals surface area contributed by atoms with E-state index < -0.39 is 0 Å². The van der Waals surface area contributed by atoms with Gasteiger partial charge < -0.3 is 25.4 Å². The van der Waals surface area contributed by atoms with E-state index in [9.17, 15) is 0 Å². The molecule has 1 atom stereocenters. The van der Waals surface area contributed by atoms with E-state index in [2.05, 4.69) is 25.9 Å². The van der Waals surface area contributed by atoms with Crippen LogP contribution in [0.4, 0.5) is 5.82 Å². The minimum Gasteiger partial charge on any atom is -0.497 e. The van der Waals surface area contributed by atoms with Crippen molar-refractivity contribution in [2.45, 2.75) is 25.9 Å². The fourth-order valence-electron chi connectivity index (χ4n) is 2.55. The van der Waals surface area contributed by atoms with Crippen LogP contribution in [-0.4, -0.2) is 50.8 Å². The lowest BCUT2D eigenvalue weighted by molar-refractivity contribution is 0.223. The van der Waals surface area contributed by atoms with Gasteiger partial charge in [0.2, 0.25) is 0 Å². The summed E-state index contributed by atoms with van der Waals surface area (Å²) in [5.41, 5.74) is 0. The zero-order valence-electron chi connectivity index (χ0n) is 17.4. The molecule has 3 N–H and O–H groups in total. The van der Waals surface area contributed by atoms with Crippen LogP contribution in [0, 0.1) is 0 Å². The Labute approximate surface area is 190 Å². The second-order valence-corrected chi connectivity index (χ2v) is 6.34. The highest BCUT2D eigenvalue weighted by atomic mass is 127. The number of anilines is 1. The van der Waals surface area contributed by atoms with E-state index >= 15 is 0 Å². The smallest absolute Gasteiger partial charge is 0.191 e. The van der Waals surface area contributed by atoms with Crippen LogP contribution in [-0.2, 0) is 0 Å². The summed E-state index contributed by atoms with van der Waals surface area (Å²) in [7, 11) is 3.42. The summed E-state index contributed by atoms with van der Waals surface area (Å²) < 4.78 is 11.1. The predicted molar refractivity (Wildman–Crippen MR) is 130 cm³/mol. The van der Waals surface area contributed by atoms with Crippen LogP contribution in [0.2, 0.25) is 0 Å². The average Bonchev–Trinajstić information content (AvgIpc) is 2.73. The Morgan fingerprint density at radius 2 is 1.86 bits per heavy atom. The van der Waals surface area contributed by atoms with Crippen LogP contribution in [0.3, 0.4) is 0 Å². The summed E-state index contributed by atoms with van der Waals surface area (Å²) in [4.78, 5) is 8.50. The summed E-state index contributed by atoms with van der Waals surface area (Å²) in [6, 6.07) is 13.5. The zero-order valence-corrected chi connectivity index (χ0v) is 19.7. The first kappa shape index (κ1) is 24.8. The van der Waals surface area contributed by atoms with Gasteiger partial charge in [0.05, 0.1) is 13.7 Å². The van der Waals surface area contributed by atoms with Gasteiger partial charge in [0.1, 0.15) is 23.4 Å². The lowest BCUT2D eigenvalue weighted by Gasteiger charge is -2.18. The number of hydrogen-bond acceptors (Lipinski definition) is 5. The number of halogens is 1. The number of aromatic nitrogens is 1.